The molecular formula is C14H24N4O2. The van der Waals surface area contributed by atoms with Crippen molar-refractivity contribution in [2.24, 2.45) is 0 Å². The molecule has 1 atom stereocenters. The van der Waals surface area contributed by atoms with Gasteiger partial charge in [0.15, 0.2) is 0 Å². The molecule has 6 heteroatoms. The van der Waals surface area contributed by atoms with Gasteiger partial charge in [-0.15, -0.1) is 5.10 Å². The highest BCUT2D eigenvalue weighted by molar-refractivity contribution is 4.91. The summed E-state index contributed by atoms with van der Waals surface area (Å²) in [5.41, 5.74) is 1.04. The van der Waals surface area contributed by atoms with E-state index in [1.807, 2.05) is 17.8 Å². The molecule has 2 fully saturated rings. The number of nitrogens with one attached hydrogen (secondary N) is 1. The summed E-state index contributed by atoms with van der Waals surface area (Å²) >= 11 is 0. The van der Waals surface area contributed by atoms with Gasteiger partial charge in [0.05, 0.1) is 17.8 Å². The van der Waals surface area contributed by atoms with Gasteiger partial charge in [-0.1, -0.05) is 5.21 Å². The molecule has 3 rings (SSSR count). The van der Waals surface area contributed by atoms with Crippen LogP contribution in [-0.2, 0) is 16.0 Å². The first-order valence-electron chi connectivity index (χ1n) is 7.58. The summed E-state index contributed by atoms with van der Waals surface area (Å²) in [5.74, 6) is 0. The Kier molecular flexibility index (Phi) is 4.33. The predicted molar refractivity (Wildman–Crippen MR) is 74.5 cm³/mol. The Morgan fingerprint density at radius 3 is 3.00 bits per heavy atom. The van der Waals surface area contributed by atoms with E-state index in [9.17, 15) is 0 Å². The van der Waals surface area contributed by atoms with Crippen molar-refractivity contribution >= 4 is 0 Å². The van der Waals surface area contributed by atoms with Gasteiger partial charge in [-0.2, -0.15) is 0 Å². The maximum absolute atomic E-state index is 6.06. The van der Waals surface area contributed by atoms with Crippen LogP contribution >= 0.6 is 0 Å². The number of rotatable bonds is 4. The fourth-order valence-corrected chi connectivity index (χ4v) is 3.18. The molecule has 0 saturated carbocycles. The highest BCUT2D eigenvalue weighted by atomic mass is 16.5. The molecule has 20 heavy (non-hydrogen) atoms. The van der Waals surface area contributed by atoms with E-state index in [-0.39, 0.29) is 5.60 Å². The molecule has 6 nitrogen and oxygen atoms in total. The summed E-state index contributed by atoms with van der Waals surface area (Å²) < 4.78 is 13.4. The molecule has 1 aromatic heterocycles. The lowest BCUT2D eigenvalue weighted by Gasteiger charge is -2.43. The molecule has 1 aromatic rings. The largest absolute Gasteiger partial charge is 0.381 e. The van der Waals surface area contributed by atoms with Crippen molar-refractivity contribution in [1.82, 2.24) is 20.3 Å². The average molecular weight is 280 g/mol. The minimum Gasteiger partial charge on any atom is -0.381 e. The number of aromatic nitrogens is 3. The van der Waals surface area contributed by atoms with Crippen molar-refractivity contribution in [2.45, 2.75) is 50.8 Å². The third-order valence-electron chi connectivity index (χ3n) is 4.32. The molecule has 0 aliphatic carbocycles. The van der Waals surface area contributed by atoms with Crippen LogP contribution in [0.5, 0.6) is 0 Å². The van der Waals surface area contributed by atoms with Gasteiger partial charge in [-0.05, 0) is 32.6 Å². The molecule has 0 aromatic carbocycles. The fourth-order valence-electron chi connectivity index (χ4n) is 3.18. The van der Waals surface area contributed by atoms with Crippen LogP contribution in [0.1, 0.15) is 31.4 Å². The van der Waals surface area contributed by atoms with Crippen molar-refractivity contribution in [2.75, 3.05) is 26.4 Å². The van der Waals surface area contributed by atoms with Crippen LogP contribution in [0.15, 0.2) is 6.20 Å². The van der Waals surface area contributed by atoms with E-state index in [2.05, 4.69) is 15.6 Å². The number of ether oxygens (including phenoxy) is 2. The molecule has 0 unspecified atom stereocenters. The SMILES string of the molecule is Cc1cn(CCN[C@@H]2CCOC3(CCOCC3)C2)nn1. The van der Waals surface area contributed by atoms with E-state index in [4.69, 9.17) is 9.47 Å². The number of hydrogen-bond donors (Lipinski definition) is 1. The second-order valence-electron chi connectivity index (χ2n) is 5.91. The summed E-state index contributed by atoms with van der Waals surface area (Å²) in [7, 11) is 0. The standard InChI is InChI=1S/C14H24N4O2/c1-12-11-18(17-16-12)6-5-15-13-2-7-20-14(10-13)3-8-19-9-4-14/h11,13,15H,2-10H2,1H3/t13-/m1/s1. The lowest BCUT2D eigenvalue weighted by Crippen LogP contribution is -2.50. The lowest BCUT2D eigenvalue weighted by atomic mass is 9.84. The minimum atomic E-state index is 0.0675. The van der Waals surface area contributed by atoms with Crippen molar-refractivity contribution in [3.63, 3.8) is 0 Å². The van der Waals surface area contributed by atoms with Gasteiger partial charge in [0.1, 0.15) is 0 Å². The minimum absolute atomic E-state index is 0.0675. The van der Waals surface area contributed by atoms with Gasteiger partial charge >= 0.3 is 0 Å². The molecule has 3 heterocycles. The van der Waals surface area contributed by atoms with Crippen LogP contribution in [-0.4, -0.2) is 53.0 Å². The van der Waals surface area contributed by atoms with Crippen LogP contribution in [0.3, 0.4) is 0 Å². The van der Waals surface area contributed by atoms with E-state index >= 15 is 0 Å². The molecule has 0 bridgehead atoms. The van der Waals surface area contributed by atoms with Gasteiger partial charge in [-0.3, -0.25) is 4.68 Å². The van der Waals surface area contributed by atoms with Crippen LogP contribution in [0.25, 0.3) is 0 Å². The average Bonchev–Trinajstić information content (AvgIpc) is 2.86. The third kappa shape index (κ3) is 3.37. The molecule has 1 N–H and O–H groups in total. The smallest absolute Gasteiger partial charge is 0.0796 e. The van der Waals surface area contributed by atoms with Crippen molar-refractivity contribution in [1.29, 1.82) is 0 Å². The van der Waals surface area contributed by atoms with Crippen molar-refractivity contribution in [3.05, 3.63) is 11.9 Å². The van der Waals surface area contributed by atoms with Crippen molar-refractivity contribution in [3.8, 4) is 0 Å². The Morgan fingerprint density at radius 1 is 1.40 bits per heavy atom. The van der Waals surface area contributed by atoms with Gasteiger partial charge in [0.25, 0.3) is 0 Å². The first-order valence-corrected chi connectivity index (χ1v) is 7.58. The van der Waals surface area contributed by atoms with Gasteiger partial charge in [-0.25, -0.2) is 0 Å². The first-order chi connectivity index (χ1) is 9.76. The molecule has 0 radical (unpaired) electrons. The normalized spacial score (nSPS) is 25.9. The van der Waals surface area contributed by atoms with E-state index in [1.54, 1.807) is 0 Å². The molecule has 0 amide bonds. The summed E-state index contributed by atoms with van der Waals surface area (Å²) in [6.45, 7) is 6.30. The summed E-state index contributed by atoms with van der Waals surface area (Å²) in [4.78, 5) is 0. The second-order valence-corrected chi connectivity index (χ2v) is 5.91. The van der Waals surface area contributed by atoms with E-state index in [0.717, 1.165) is 64.3 Å². The molecule has 1 spiro atoms. The maximum Gasteiger partial charge on any atom is 0.0796 e. The highest BCUT2D eigenvalue weighted by Gasteiger charge is 2.38. The Balaban J connectivity index is 1.45. The Hall–Kier alpha value is -0.980. The quantitative estimate of drug-likeness (QED) is 0.888. The Morgan fingerprint density at radius 2 is 2.25 bits per heavy atom. The monoisotopic (exact) mass is 280 g/mol. The molecular weight excluding hydrogens is 256 g/mol. The Bertz CT molecular complexity index is 423. The Labute approximate surface area is 119 Å². The molecule has 112 valence electrons. The summed E-state index contributed by atoms with van der Waals surface area (Å²) in [5, 5.41) is 11.7. The molecule has 2 aliphatic heterocycles. The predicted octanol–water partition coefficient (Wildman–Crippen LogP) is 0.904. The zero-order valence-electron chi connectivity index (χ0n) is 12.2. The van der Waals surface area contributed by atoms with Crippen LogP contribution in [0.4, 0.5) is 0 Å². The fraction of sp³-hybridized carbons (Fsp3) is 0.857. The zero-order chi connectivity index (χ0) is 13.8. The summed E-state index contributed by atoms with van der Waals surface area (Å²) in [6, 6.07) is 0.548. The lowest BCUT2D eigenvalue weighted by molar-refractivity contribution is -0.140. The molecule has 2 aliphatic rings. The van der Waals surface area contributed by atoms with Crippen molar-refractivity contribution < 1.29 is 9.47 Å². The maximum atomic E-state index is 6.06. The summed E-state index contributed by atoms with van der Waals surface area (Å²) in [6.07, 6.45) is 6.25. The number of aryl methyl sites for hydroxylation is 1. The first kappa shape index (κ1) is 14.0. The zero-order valence-corrected chi connectivity index (χ0v) is 12.2. The van der Waals surface area contributed by atoms with E-state index < -0.39 is 0 Å². The van der Waals surface area contributed by atoms with Crippen LogP contribution in [0.2, 0.25) is 0 Å². The molecule has 2 saturated heterocycles. The van der Waals surface area contributed by atoms with Gasteiger partial charge < -0.3 is 14.8 Å². The van der Waals surface area contributed by atoms with Gasteiger partial charge in [0, 0.05) is 38.6 Å². The number of nitrogens with zero attached hydrogens (tertiary/aromatic N) is 3. The van der Waals surface area contributed by atoms with E-state index in [1.165, 1.54) is 0 Å². The van der Waals surface area contributed by atoms with Gasteiger partial charge in [0.2, 0.25) is 0 Å². The van der Waals surface area contributed by atoms with Crippen LogP contribution in [0, 0.1) is 6.92 Å². The topological polar surface area (TPSA) is 61.2 Å². The third-order valence-corrected chi connectivity index (χ3v) is 4.32. The number of hydrogen-bond acceptors (Lipinski definition) is 5. The van der Waals surface area contributed by atoms with Crippen LogP contribution < -0.4 is 5.32 Å². The van der Waals surface area contributed by atoms with E-state index in [0.29, 0.717) is 6.04 Å². The second kappa shape index (κ2) is 6.20. The highest BCUT2D eigenvalue weighted by Crippen LogP contribution is 2.34.